The number of allylic oxidation sites excluding steroid dienone is 1. The highest BCUT2D eigenvalue weighted by Gasteiger charge is 2.49. The van der Waals surface area contributed by atoms with Gasteiger partial charge in [-0.05, 0) is 74.1 Å². The molecule has 1 aromatic rings. The van der Waals surface area contributed by atoms with Crippen LogP contribution in [0.1, 0.15) is 56.3 Å². The number of carbonyl (C=O) groups is 2. The second-order valence-corrected chi connectivity index (χ2v) is 14.4. The average molecular weight is 636 g/mol. The van der Waals surface area contributed by atoms with Crippen LogP contribution in [0, 0.1) is 23.6 Å². The van der Waals surface area contributed by atoms with Gasteiger partial charge in [-0.2, -0.15) is 0 Å². The Morgan fingerprint density at radius 2 is 1.82 bits per heavy atom. The van der Waals surface area contributed by atoms with Crippen molar-refractivity contribution < 1.29 is 38.8 Å². The summed E-state index contributed by atoms with van der Waals surface area (Å²) in [4.78, 5) is 26.2. The van der Waals surface area contributed by atoms with E-state index in [4.69, 9.17) is 9.47 Å². The second kappa shape index (κ2) is 15.0. The maximum atomic E-state index is 13.6. The van der Waals surface area contributed by atoms with E-state index in [2.05, 4.69) is 29.8 Å². The Kier molecular flexibility index (Phi) is 11.4. The molecule has 11 atom stereocenters. The number of benzene rings is 1. The molecule has 0 aliphatic carbocycles. The Labute approximate surface area is 262 Å². The maximum Gasteiger partial charge on any atom is 0.251 e. The number of aliphatic hydroxyl groups is 3. The van der Waals surface area contributed by atoms with Crippen LogP contribution in [-0.2, 0) is 14.3 Å². The molecule has 10 nitrogen and oxygen atoms in total. The monoisotopic (exact) mass is 635 g/mol. The van der Waals surface area contributed by atoms with Crippen LogP contribution in [-0.4, -0.2) is 100 Å². The maximum absolute atomic E-state index is 13.6. The number of ether oxygens (including phenoxy) is 2. The zero-order valence-corrected chi connectivity index (χ0v) is 26.1. The van der Waals surface area contributed by atoms with Gasteiger partial charge in [0.25, 0.3) is 5.91 Å². The number of carbonyl (C=O) groups excluding carboxylic acids is 2. The molecule has 3 unspecified atom stereocenters. The molecule has 5 rings (SSSR count). The predicted molar refractivity (Wildman–Crippen MR) is 164 cm³/mol. The number of amides is 2. The summed E-state index contributed by atoms with van der Waals surface area (Å²) in [5.41, 5.74) is -0.584. The molecule has 12 heteroatoms. The zero-order valence-electron chi connectivity index (χ0n) is 25.3. The van der Waals surface area contributed by atoms with Crippen molar-refractivity contribution in [2.24, 2.45) is 17.8 Å². The van der Waals surface area contributed by atoms with E-state index in [0.29, 0.717) is 43.4 Å². The van der Waals surface area contributed by atoms with Gasteiger partial charge < -0.3 is 40.7 Å². The summed E-state index contributed by atoms with van der Waals surface area (Å²) in [5.74, 6) is 0.403. The molecule has 0 saturated carbocycles. The van der Waals surface area contributed by atoms with Crippen LogP contribution in [0.2, 0.25) is 0 Å². The smallest absolute Gasteiger partial charge is 0.251 e. The summed E-state index contributed by atoms with van der Waals surface area (Å²) in [5, 5.41) is 41.6. The molecule has 4 aliphatic rings. The lowest BCUT2D eigenvalue weighted by molar-refractivity contribution is -0.205. The van der Waals surface area contributed by atoms with Gasteiger partial charge in [0, 0.05) is 30.5 Å². The molecule has 2 bridgehead atoms. The van der Waals surface area contributed by atoms with Crippen molar-refractivity contribution in [2.75, 3.05) is 19.7 Å². The first-order valence-electron chi connectivity index (χ1n) is 15.8. The molecule has 244 valence electrons. The molecular weight excluding hydrogens is 589 g/mol. The standard InChI is InChI=1S/C32H46FN3O7S/c1-17(2)13-18-11-12-42-28-20(14-18)15-34-24(28)31(41)36-23-6-4-3-5-22(16-35-30(40)19-7-9-21(33)10-8-19)44-32-27(39)25(37)26(38)29(23)43-32/h3-4,7-10,17-18,20,22-29,32,34,37-39H,5-6,11-16H2,1-2H3,(H,35,40)(H,36,41)/b4-3-/t18-,20-,22-,23+,24-,25?,26?,27+,28+,29+,32?/m0/s1. The molecule has 2 amide bonds. The third-order valence-electron chi connectivity index (χ3n) is 9.16. The quantitative estimate of drug-likeness (QED) is 0.247. The van der Waals surface area contributed by atoms with Crippen molar-refractivity contribution in [1.29, 1.82) is 0 Å². The molecule has 3 fully saturated rings. The summed E-state index contributed by atoms with van der Waals surface area (Å²) >= 11 is 1.25. The molecule has 4 heterocycles. The van der Waals surface area contributed by atoms with Crippen LogP contribution in [0.15, 0.2) is 36.4 Å². The van der Waals surface area contributed by atoms with Gasteiger partial charge in [-0.1, -0.05) is 26.0 Å². The highest BCUT2D eigenvalue weighted by molar-refractivity contribution is 8.00. The van der Waals surface area contributed by atoms with E-state index in [1.807, 2.05) is 12.2 Å². The third-order valence-corrected chi connectivity index (χ3v) is 10.6. The number of thioether (sulfide) groups is 1. The molecule has 6 N–H and O–H groups in total. The summed E-state index contributed by atoms with van der Waals surface area (Å²) in [6.45, 7) is 6.02. The van der Waals surface area contributed by atoms with Gasteiger partial charge in [-0.25, -0.2) is 4.39 Å². The lowest BCUT2D eigenvalue weighted by Gasteiger charge is -2.44. The fourth-order valence-electron chi connectivity index (χ4n) is 6.92. The van der Waals surface area contributed by atoms with Gasteiger partial charge in [-0.3, -0.25) is 9.59 Å². The number of nitrogens with one attached hydrogen (secondary N) is 3. The van der Waals surface area contributed by atoms with Gasteiger partial charge in [0.05, 0.1) is 12.1 Å². The van der Waals surface area contributed by atoms with Gasteiger partial charge >= 0.3 is 0 Å². The van der Waals surface area contributed by atoms with E-state index in [1.54, 1.807) is 0 Å². The van der Waals surface area contributed by atoms with Crippen LogP contribution in [0.5, 0.6) is 0 Å². The molecule has 0 spiro atoms. The van der Waals surface area contributed by atoms with Gasteiger partial charge in [0.15, 0.2) is 0 Å². The van der Waals surface area contributed by atoms with E-state index in [-0.39, 0.29) is 35.6 Å². The number of aliphatic hydroxyl groups excluding tert-OH is 3. The summed E-state index contributed by atoms with van der Waals surface area (Å²) < 4.78 is 25.7. The molecule has 4 aliphatic heterocycles. The van der Waals surface area contributed by atoms with Crippen LogP contribution in [0.3, 0.4) is 0 Å². The van der Waals surface area contributed by atoms with E-state index < -0.39 is 47.8 Å². The van der Waals surface area contributed by atoms with Crippen molar-refractivity contribution >= 4 is 23.6 Å². The highest BCUT2D eigenvalue weighted by Crippen LogP contribution is 2.36. The van der Waals surface area contributed by atoms with Gasteiger partial charge in [0.1, 0.15) is 41.7 Å². The molecular formula is C32H46FN3O7S. The Morgan fingerprint density at radius 1 is 1.07 bits per heavy atom. The van der Waals surface area contributed by atoms with Crippen molar-refractivity contribution in [3.63, 3.8) is 0 Å². The van der Waals surface area contributed by atoms with E-state index in [1.165, 1.54) is 36.0 Å². The number of rotatable bonds is 7. The molecule has 1 aromatic carbocycles. The van der Waals surface area contributed by atoms with Crippen LogP contribution >= 0.6 is 11.8 Å². The largest absolute Gasteiger partial charge is 0.388 e. The fraction of sp³-hybridized carbons (Fsp3) is 0.688. The third kappa shape index (κ3) is 8.01. The van der Waals surface area contributed by atoms with Crippen LogP contribution < -0.4 is 16.0 Å². The van der Waals surface area contributed by atoms with E-state index in [9.17, 15) is 29.3 Å². The minimum absolute atomic E-state index is 0.226. The second-order valence-electron chi connectivity index (χ2n) is 13.0. The number of hydrogen-bond acceptors (Lipinski definition) is 9. The lowest BCUT2D eigenvalue weighted by Crippen LogP contribution is -2.64. The van der Waals surface area contributed by atoms with Crippen LogP contribution in [0.25, 0.3) is 0 Å². The first kappa shape index (κ1) is 33.3. The SMILES string of the molecule is CC(C)C[C@@H]1CCO[C@@H]2[C@H](CN[C@@H]2C(=O)N[C@@H]2C/C=C\C[C@@H](CNC(=O)c3ccc(F)cc3)SC3O[C@H]2C(O)C(O)[C@H]3O)C1. The van der Waals surface area contributed by atoms with Crippen molar-refractivity contribution in [1.82, 2.24) is 16.0 Å². The molecule has 0 aromatic heterocycles. The number of fused-ring (bicyclic) bond motifs is 3. The summed E-state index contributed by atoms with van der Waals surface area (Å²) in [6.07, 6.45) is 2.35. The van der Waals surface area contributed by atoms with Gasteiger partial charge in [-0.15, -0.1) is 11.8 Å². The predicted octanol–water partition coefficient (Wildman–Crippen LogP) is 1.73. The summed E-state index contributed by atoms with van der Waals surface area (Å²) in [7, 11) is 0. The van der Waals surface area contributed by atoms with Crippen molar-refractivity contribution in [3.8, 4) is 0 Å². The number of hydrogen-bond donors (Lipinski definition) is 6. The Balaban J connectivity index is 1.24. The lowest BCUT2D eigenvalue weighted by atomic mass is 9.85. The summed E-state index contributed by atoms with van der Waals surface area (Å²) in [6, 6.07) is 4.06. The Hall–Kier alpha value is -2.06. The van der Waals surface area contributed by atoms with Gasteiger partial charge in [0.2, 0.25) is 5.91 Å². The van der Waals surface area contributed by atoms with E-state index in [0.717, 1.165) is 19.3 Å². The van der Waals surface area contributed by atoms with E-state index >= 15 is 0 Å². The number of halogens is 1. The Bertz CT molecular complexity index is 1160. The van der Waals surface area contributed by atoms with Crippen molar-refractivity contribution in [3.05, 3.63) is 47.8 Å². The highest BCUT2D eigenvalue weighted by atomic mass is 32.2. The average Bonchev–Trinajstić information content (AvgIpc) is 3.28. The first-order chi connectivity index (χ1) is 21.1. The zero-order chi connectivity index (χ0) is 31.4. The fourth-order valence-corrected chi connectivity index (χ4v) is 8.21. The molecule has 0 radical (unpaired) electrons. The minimum atomic E-state index is -1.49. The first-order valence-corrected chi connectivity index (χ1v) is 16.7. The molecule has 3 saturated heterocycles. The normalized spacial score (nSPS) is 38.3. The molecule has 44 heavy (non-hydrogen) atoms. The van der Waals surface area contributed by atoms with Crippen molar-refractivity contribution in [2.45, 2.75) is 99.2 Å². The van der Waals surface area contributed by atoms with Crippen LogP contribution in [0.4, 0.5) is 4.39 Å². The minimum Gasteiger partial charge on any atom is -0.388 e. The Morgan fingerprint density at radius 3 is 2.57 bits per heavy atom. The topological polar surface area (TPSA) is 149 Å².